The maximum Gasteiger partial charge on any atom is 0.213 e. The third-order valence-corrected chi connectivity index (χ3v) is 4.24. The molecule has 0 aliphatic rings. The Balaban J connectivity index is 2.96. The van der Waals surface area contributed by atoms with Crippen LogP contribution in [0.1, 0.15) is 65.9 Å². The van der Waals surface area contributed by atoms with Gasteiger partial charge in [0.1, 0.15) is 11.8 Å². The molecule has 26 heavy (non-hydrogen) atoms. The van der Waals surface area contributed by atoms with Gasteiger partial charge < -0.3 is 15.1 Å². The van der Waals surface area contributed by atoms with Crippen molar-refractivity contribution in [2.24, 2.45) is 11.0 Å². The lowest BCUT2D eigenvalue weighted by molar-refractivity contribution is -0.462. The highest BCUT2D eigenvalue weighted by Gasteiger charge is 2.12. The van der Waals surface area contributed by atoms with E-state index in [1.54, 1.807) is 13.8 Å². The van der Waals surface area contributed by atoms with Crippen LogP contribution in [0.5, 0.6) is 5.75 Å². The van der Waals surface area contributed by atoms with E-state index in [0.717, 1.165) is 49.2 Å². The molecule has 0 amide bonds. The van der Waals surface area contributed by atoms with Gasteiger partial charge >= 0.3 is 0 Å². The summed E-state index contributed by atoms with van der Waals surface area (Å²) in [5.74, 6) is 1.39. The van der Waals surface area contributed by atoms with E-state index in [9.17, 15) is 10.3 Å². The van der Waals surface area contributed by atoms with Crippen molar-refractivity contribution in [3.05, 3.63) is 41.2 Å². The van der Waals surface area contributed by atoms with Crippen LogP contribution in [-0.2, 0) is 0 Å². The molecule has 2 unspecified atom stereocenters. The van der Waals surface area contributed by atoms with Gasteiger partial charge in [0.2, 0.25) is 6.20 Å². The van der Waals surface area contributed by atoms with E-state index in [1.807, 2.05) is 24.3 Å². The summed E-state index contributed by atoms with van der Waals surface area (Å²) in [5, 5.41) is 25.7. The summed E-state index contributed by atoms with van der Waals surface area (Å²) in [6.45, 7) is 10.5. The lowest BCUT2D eigenvalue weighted by Crippen LogP contribution is -2.18. The molecule has 5 nitrogen and oxygen atoms in total. The Bertz CT molecular complexity index is 577. The molecular weight excluding hydrogens is 328 g/mol. The highest BCUT2D eigenvalue weighted by molar-refractivity contribution is 5.65. The van der Waals surface area contributed by atoms with Gasteiger partial charge in [0.05, 0.1) is 12.7 Å². The largest absolute Gasteiger partial charge is 0.595 e. The van der Waals surface area contributed by atoms with Crippen molar-refractivity contribution in [1.29, 1.82) is 0 Å². The lowest BCUT2D eigenvalue weighted by atomic mass is 9.98. The van der Waals surface area contributed by atoms with Crippen LogP contribution < -0.4 is 4.74 Å². The van der Waals surface area contributed by atoms with Crippen molar-refractivity contribution in [3.63, 3.8) is 0 Å². The first-order chi connectivity index (χ1) is 12.3. The SMILES string of the molecule is CCCCOc1ccc(C(=C[N+]([O-])=NC(C)C(C)O)CCC(C)C)cc1. The van der Waals surface area contributed by atoms with Crippen molar-refractivity contribution in [2.45, 2.75) is 72.4 Å². The molecule has 146 valence electrons. The second kappa shape index (κ2) is 11.7. The van der Waals surface area contributed by atoms with E-state index >= 15 is 0 Å². The van der Waals surface area contributed by atoms with Crippen molar-refractivity contribution >= 4 is 5.57 Å². The van der Waals surface area contributed by atoms with Crippen molar-refractivity contribution in [1.82, 2.24) is 0 Å². The first-order valence-corrected chi connectivity index (χ1v) is 9.62. The maximum absolute atomic E-state index is 12.2. The molecule has 0 spiro atoms. The molecule has 0 aromatic heterocycles. The van der Waals surface area contributed by atoms with E-state index in [-0.39, 0.29) is 0 Å². The fraction of sp³-hybridized carbons (Fsp3) is 0.619. The van der Waals surface area contributed by atoms with Crippen molar-refractivity contribution in [2.75, 3.05) is 6.61 Å². The van der Waals surface area contributed by atoms with Gasteiger partial charge in [0.25, 0.3) is 0 Å². The predicted molar refractivity (Wildman–Crippen MR) is 106 cm³/mol. The number of hydroxylamine groups is 1. The number of ether oxygens (including phenoxy) is 1. The highest BCUT2D eigenvalue weighted by atomic mass is 16.5. The van der Waals surface area contributed by atoms with E-state index in [0.29, 0.717) is 10.8 Å². The normalized spacial score (nSPS) is 15.2. The van der Waals surface area contributed by atoms with Crippen LogP contribution in [0, 0.1) is 11.1 Å². The Kier molecular flexibility index (Phi) is 9.96. The van der Waals surface area contributed by atoms with Gasteiger partial charge in [-0.25, -0.2) is 0 Å². The second-order valence-electron chi connectivity index (χ2n) is 7.21. The average molecular weight is 363 g/mol. The number of azo groups is 1. The molecule has 0 aliphatic carbocycles. The Morgan fingerprint density at radius 2 is 1.88 bits per heavy atom. The third kappa shape index (κ3) is 8.48. The van der Waals surface area contributed by atoms with E-state index in [4.69, 9.17) is 4.74 Å². The fourth-order valence-electron chi connectivity index (χ4n) is 2.27. The minimum Gasteiger partial charge on any atom is -0.595 e. The summed E-state index contributed by atoms with van der Waals surface area (Å²) in [6, 6.07) is 7.42. The number of rotatable bonds is 11. The lowest BCUT2D eigenvalue weighted by Gasteiger charge is -2.11. The Labute approximate surface area is 158 Å². The van der Waals surface area contributed by atoms with Crippen molar-refractivity contribution < 1.29 is 14.7 Å². The molecule has 0 saturated carbocycles. The Hall–Kier alpha value is -1.88. The summed E-state index contributed by atoms with van der Waals surface area (Å²) < 4.78 is 5.70. The minimum atomic E-state index is -0.654. The summed E-state index contributed by atoms with van der Waals surface area (Å²) in [7, 11) is 0. The number of unbranched alkanes of at least 4 members (excludes halogenated alkanes) is 1. The fourth-order valence-corrected chi connectivity index (χ4v) is 2.27. The molecule has 5 heteroatoms. The molecule has 0 saturated heterocycles. The van der Waals surface area contributed by atoms with Crippen LogP contribution >= 0.6 is 0 Å². The maximum atomic E-state index is 12.2. The van der Waals surface area contributed by atoms with Crippen LogP contribution in [0.25, 0.3) is 5.57 Å². The van der Waals surface area contributed by atoms with Crippen LogP contribution in [0.15, 0.2) is 35.6 Å². The Morgan fingerprint density at radius 1 is 1.23 bits per heavy atom. The van der Waals surface area contributed by atoms with Crippen molar-refractivity contribution in [3.8, 4) is 5.75 Å². The van der Waals surface area contributed by atoms with E-state index in [1.165, 1.54) is 6.20 Å². The van der Waals surface area contributed by atoms with Gasteiger partial charge in [-0.3, -0.25) is 0 Å². The molecule has 0 bridgehead atoms. The Morgan fingerprint density at radius 3 is 2.42 bits per heavy atom. The summed E-state index contributed by atoms with van der Waals surface area (Å²) in [5.41, 5.74) is 1.93. The molecule has 0 radical (unpaired) electrons. The summed E-state index contributed by atoms with van der Waals surface area (Å²) in [4.78, 5) is 0.582. The second-order valence-corrected chi connectivity index (χ2v) is 7.21. The van der Waals surface area contributed by atoms with Gasteiger partial charge in [0.15, 0.2) is 0 Å². The quantitative estimate of drug-likeness (QED) is 0.249. The minimum absolute atomic E-state index is 0.440. The molecule has 0 fully saturated rings. The van der Waals surface area contributed by atoms with Gasteiger partial charge in [-0.15, -0.1) is 0 Å². The third-order valence-electron chi connectivity index (χ3n) is 4.24. The number of nitrogens with zero attached hydrogens (tertiary/aromatic N) is 2. The standard InChI is InChI=1S/C21H34N2O3/c1-6-7-14-26-21-12-10-19(11-13-21)20(9-8-16(2)3)15-23(25)22-17(4)18(5)24/h10-13,15-18,24H,6-9,14H2,1-5H3. The average Bonchev–Trinajstić information content (AvgIpc) is 2.59. The number of allylic oxidation sites excluding steroid dienone is 1. The van der Waals surface area contributed by atoms with E-state index < -0.39 is 12.1 Å². The van der Waals surface area contributed by atoms with Crippen LogP contribution in [-0.4, -0.2) is 28.7 Å². The van der Waals surface area contributed by atoms with Crippen LogP contribution in [0.4, 0.5) is 0 Å². The molecule has 0 aliphatic heterocycles. The first kappa shape index (κ1) is 22.2. The molecule has 1 aromatic carbocycles. The zero-order chi connectivity index (χ0) is 19.5. The van der Waals surface area contributed by atoms with Gasteiger partial charge in [-0.05, 0) is 61.8 Å². The summed E-state index contributed by atoms with van der Waals surface area (Å²) >= 11 is 0. The molecular formula is C21H34N2O3. The number of aliphatic hydroxyl groups excluding tert-OH is 1. The van der Waals surface area contributed by atoms with Crippen LogP contribution in [0.2, 0.25) is 0 Å². The topological polar surface area (TPSA) is 67.9 Å². The predicted octanol–water partition coefficient (Wildman–Crippen LogP) is 5.37. The molecule has 1 N–H and O–H groups in total. The molecule has 1 rings (SSSR count). The zero-order valence-electron chi connectivity index (χ0n) is 16.8. The number of benzene rings is 1. The zero-order valence-corrected chi connectivity index (χ0v) is 16.8. The monoisotopic (exact) mass is 362 g/mol. The van der Waals surface area contributed by atoms with Gasteiger partial charge in [-0.1, -0.05) is 44.2 Å². The number of aliphatic hydroxyl groups is 1. The smallest absolute Gasteiger partial charge is 0.213 e. The first-order valence-electron chi connectivity index (χ1n) is 9.62. The van der Waals surface area contributed by atoms with E-state index in [2.05, 4.69) is 25.9 Å². The highest BCUT2D eigenvalue weighted by Crippen LogP contribution is 2.25. The number of hydrogen-bond acceptors (Lipinski definition) is 4. The molecule has 0 heterocycles. The van der Waals surface area contributed by atoms with Crippen LogP contribution in [0.3, 0.4) is 0 Å². The number of hydrogen-bond donors (Lipinski definition) is 1. The van der Waals surface area contributed by atoms with Gasteiger partial charge in [-0.2, -0.15) is 0 Å². The van der Waals surface area contributed by atoms with Gasteiger partial charge in [0, 0.05) is 5.57 Å². The molecule has 1 aromatic rings. The molecule has 2 atom stereocenters. The summed E-state index contributed by atoms with van der Waals surface area (Å²) in [6.07, 6.45) is 4.79.